The molecule has 0 saturated carbocycles. The van der Waals surface area contributed by atoms with Crippen LogP contribution >= 0.6 is 0 Å². The van der Waals surface area contributed by atoms with Gasteiger partial charge in [-0.15, -0.1) is 0 Å². The van der Waals surface area contributed by atoms with Gasteiger partial charge in [-0.05, 0) is 20.3 Å². The van der Waals surface area contributed by atoms with Crippen molar-refractivity contribution in [2.24, 2.45) is 0 Å². The van der Waals surface area contributed by atoms with Crippen molar-refractivity contribution in [3.8, 4) is 0 Å². The van der Waals surface area contributed by atoms with Crippen molar-refractivity contribution in [1.82, 2.24) is 16.0 Å². The molecule has 2 unspecified atom stereocenters. The molecule has 1 aliphatic heterocycles. The molecule has 1 rings (SSSR count). The summed E-state index contributed by atoms with van der Waals surface area (Å²) in [6.07, 6.45) is 0.871. The van der Waals surface area contributed by atoms with Crippen LogP contribution in [0.25, 0.3) is 0 Å². The third kappa shape index (κ3) is 4.92. The van der Waals surface area contributed by atoms with Crippen LogP contribution in [-0.2, 0) is 9.53 Å². The van der Waals surface area contributed by atoms with Gasteiger partial charge in [-0.2, -0.15) is 0 Å². The van der Waals surface area contributed by atoms with Crippen LogP contribution in [0.2, 0.25) is 0 Å². The van der Waals surface area contributed by atoms with Gasteiger partial charge in [-0.25, -0.2) is 0 Å². The van der Waals surface area contributed by atoms with E-state index in [1.165, 1.54) is 0 Å². The SMILES string of the molecule is CCOCCCNC(=O)C1CNC(C)CN1. The molecule has 5 heteroatoms. The van der Waals surface area contributed by atoms with Crippen LogP contribution < -0.4 is 16.0 Å². The molecule has 1 amide bonds. The van der Waals surface area contributed by atoms with Crippen molar-refractivity contribution in [3.63, 3.8) is 0 Å². The predicted molar refractivity (Wildman–Crippen MR) is 63.4 cm³/mol. The Kier molecular flexibility index (Phi) is 6.37. The van der Waals surface area contributed by atoms with Gasteiger partial charge in [0.1, 0.15) is 0 Å². The van der Waals surface area contributed by atoms with Crippen molar-refractivity contribution < 1.29 is 9.53 Å². The number of piperazine rings is 1. The van der Waals surface area contributed by atoms with Crippen molar-refractivity contribution in [1.29, 1.82) is 0 Å². The minimum Gasteiger partial charge on any atom is -0.382 e. The van der Waals surface area contributed by atoms with Gasteiger partial charge in [-0.1, -0.05) is 0 Å². The molecule has 0 radical (unpaired) electrons. The van der Waals surface area contributed by atoms with Crippen LogP contribution in [0.4, 0.5) is 0 Å². The molecule has 1 saturated heterocycles. The standard InChI is InChI=1S/C11H23N3O2/c1-3-16-6-4-5-12-11(15)10-8-13-9(2)7-14-10/h9-10,13-14H,3-8H2,1-2H3,(H,12,15). The molecule has 16 heavy (non-hydrogen) atoms. The highest BCUT2D eigenvalue weighted by Gasteiger charge is 2.22. The summed E-state index contributed by atoms with van der Waals surface area (Å²) in [5, 5.41) is 9.40. The van der Waals surface area contributed by atoms with E-state index in [4.69, 9.17) is 4.74 Å². The van der Waals surface area contributed by atoms with Gasteiger partial charge in [-0.3, -0.25) is 4.79 Å². The minimum absolute atomic E-state index is 0.0795. The summed E-state index contributed by atoms with van der Waals surface area (Å²) in [5.41, 5.74) is 0. The molecule has 0 bridgehead atoms. The molecule has 5 nitrogen and oxygen atoms in total. The first kappa shape index (κ1) is 13.4. The Hall–Kier alpha value is -0.650. The Morgan fingerprint density at radius 2 is 2.25 bits per heavy atom. The van der Waals surface area contributed by atoms with E-state index in [0.29, 0.717) is 25.7 Å². The highest BCUT2D eigenvalue weighted by molar-refractivity contribution is 5.82. The van der Waals surface area contributed by atoms with Crippen molar-refractivity contribution in [2.75, 3.05) is 32.8 Å². The summed E-state index contributed by atoms with van der Waals surface area (Å²) in [6, 6.07) is 0.352. The molecular formula is C11H23N3O2. The summed E-state index contributed by atoms with van der Waals surface area (Å²) < 4.78 is 5.20. The maximum absolute atomic E-state index is 11.7. The van der Waals surface area contributed by atoms with E-state index in [1.807, 2.05) is 6.92 Å². The number of nitrogens with one attached hydrogen (secondary N) is 3. The number of hydrogen-bond acceptors (Lipinski definition) is 4. The zero-order valence-electron chi connectivity index (χ0n) is 10.2. The van der Waals surface area contributed by atoms with Gasteiger partial charge in [0.25, 0.3) is 0 Å². The molecule has 94 valence electrons. The van der Waals surface area contributed by atoms with Crippen LogP contribution in [0.5, 0.6) is 0 Å². The maximum atomic E-state index is 11.7. The third-order valence-electron chi connectivity index (χ3n) is 2.63. The largest absolute Gasteiger partial charge is 0.382 e. The highest BCUT2D eigenvalue weighted by atomic mass is 16.5. The molecule has 1 fully saturated rings. The molecular weight excluding hydrogens is 206 g/mol. The van der Waals surface area contributed by atoms with Gasteiger partial charge in [0.15, 0.2) is 0 Å². The zero-order valence-corrected chi connectivity index (χ0v) is 10.2. The lowest BCUT2D eigenvalue weighted by atomic mass is 10.1. The van der Waals surface area contributed by atoms with Crippen molar-refractivity contribution in [3.05, 3.63) is 0 Å². The molecule has 0 aromatic carbocycles. The Labute approximate surface area is 97.3 Å². The Morgan fingerprint density at radius 3 is 2.88 bits per heavy atom. The lowest BCUT2D eigenvalue weighted by Crippen LogP contribution is -2.58. The number of rotatable bonds is 6. The monoisotopic (exact) mass is 229 g/mol. The maximum Gasteiger partial charge on any atom is 0.238 e. The van der Waals surface area contributed by atoms with Gasteiger partial charge in [0, 0.05) is 38.9 Å². The average Bonchev–Trinajstić information content (AvgIpc) is 2.29. The van der Waals surface area contributed by atoms with E-state index in [1.54, 1.807) is 0 Å². The molecule has 0 spiro atoms. The van der Waals surface area contributed by atoms with E-state index in [0.717, 1.165) is 19.6 Å². The number of carbonyl (C=O) groups is 1. The van der Waals surface area contributed by atoms with Gasteiger partial charge in [0.2, 0.25) is 5.91 Å². The molecule has 2 atom stereocenters. The molecule has 0 aliphatic carbocycles. The van der Waals surface area contributed by atoms with Crippen LogP contribution in [0.3, 0.4) is 0 Å². The Morgan fingerprint density at radius 1 is 1.44 bits per heavy atom. The van der Waals surface area contributed by atoms with Crippen molar-refractivity contribution in [2.45, 2.75) is 32.4 Å². The number of amides is 1. The van der Waals surface area contributed by atoms with Crippen LogP contribution in [-0.4, -0.2) is 50.8 Å². The van der Waals surface area contributed by atoms with E-state index in [2.05, 4.69) is 22.9 Å². The van der Waals surface area contributed by atoms with E-state index in [9.17, 15) is 4.79 Å². The van der Waals surface area contributed by atoms with Crippen molar-refractivity contribution >= 4 is 5.91 Å². The summed E-state index contributed by atoms with van der Waals surface area (Å²) in [4.78, 5) is 11.7. The zero-order chi connectivity index (χ0) is 11.8. The summed E-state index contributed by atoms with van der Waals surface area (Å²) >= 11 is 0. The van der Waals surface area contributed by atoms with E-state index in [-0.39, 0.29) is 11.9 Å². The smallest absolute Gasteiger partial charge is 0.238 e. The lowest BCUT2D eigenvalue weighted by Gasteiger charge is -2.28. The summed E-state index contributed by atoms with van der Waals surface area (Å²) in [7, 11) is 0. The second-order valence-electron chi connectivity index (χ2n) is 4.11. The van der Waals surface area contributed by atoms with E-state index >= 15 is 0 Å². The Balaban J connectivity index is 2.06. The molecule has 1 heterocycles. The van der Waals surface area contributed by atoms with Crippen LogP contribution in [0.1, 0.15) is 20.3 Å². The first-order valence-electron chi connectivity index (χ1n) is 6.06. The topological polar surface area (TPSA) is 62.4 Å². The van der Waals surface area contributed by atoms with Gasteiger partial charge in [0.05, 0.1) is 6.04 Å². The molecule has 0 aromatic heterocycles. The third-order valence-corrected chi connectivity index (χ3v) is 2.63. The molecule has 1 aliphatic rings. The van der Waals surface area contributed by atoms with Crippen LogP contribution in [0, 0.1) is 0 Å². The fourth-order valence-electron chi connectivity index (χ4n) is 1.62. The van der Waals surface area contributed by atoms with Gasteiger partial charge < -0.3 is 20.7 Å². The first-order valence-corrected chi connectivity index (χ1v) is 6.06. The molecule has 0 aromatic rings. The second-order valence-corrected chi connectivity index (χ2v) is 4.11. The number of carbonyl (C=O) groups excluding carboxylic acids is 1. The normalized spacial score (nSPS) is 25.4. The quantitative estimate of drug-likeness (QED) is 0.536. The predicted octanol–water partition coefficient (Wildman–Crippen LogP) is -0.521. The molecule has 3 N–H and O–H groups in total. The first-order chi connectivity index (χ1) is 7.74. The summed E-state index contributed by atoms with van der Waals surface area (Å²) in [6.45, 7) is 7.76. The fraction of sp³-hybridized carbons (Fsp3) is 0.909. The van der Waals surface area contributed by atoms with E-state index < -0.39 is 0 Å². The number of ether oxygens (including phenoxy) is 1. The highest BCUT2D eigenvalue weighted by Crippen LogP contribution is 1.93. The van der Waals surface area contributed by atoms with Crippen LogP contribution in [0.15, 0.2) is 0 Å². The summed E-state index contributed by atoms with van der Waals surface area (Å²) in [5.74, 6) is 0.0795. The average molecular weight is 229 g/mol. The number of hydrogen-bond donors (Lipinski definition) is 3. The fourth-order valence-corrected chi connectivity index (χ4v) is 1.62. The Bertz CT molecular complexity index is 203. The second kappa shape index (κ2) is 7.60. The lowest BCUT2D eigenvalue weighted by molar-refractivity contribution is -0.123. The van der Waals surface area contributed by atoms with Gasteiger partial charge >= 0.3 is 0 Å². The minimum atomic E-state index is -0.0942.